The molecule has 0 bridgehead atoms. The van der Waals surface area contributed by atoms with E-state index < -0.39 is 0 Å². The summed E-state index contributed by atoms with van der Waals surface area (Å²) in [5.74, 6) is 0.848. The number of nitrogens with zero attached hydrogens (tertiary/aromatic N) is 4. The lowest BCUT2D eigenvalue weighted by atomic mass is 10.3. The van der Waals surface area contributed by atoms with Gasteiger partial charge in [-0.25, -0.2) is 9.97 Å². The van der Waals surface area contributed by atoms with Gasteiger partial charge in [-0.2, -0.15) is 5.10 Å². The van der Waals surface area contributed by atoms with Crippen molar-refractivity contribution < 1.29 is 0 Å². The summed E-state index contributed by atoms with van der Waals surface area (Å²) >= 11 is 0. The van der Waals surface area contributed by atoms with Crippen molar-refractivity contribution in [1.82, 2.24) is 19.7 Å². The summed E-state index contributed by atoms with van der Waals surface area (Å²) in [7, 11) is 1.92. The molecule has 5 nitrogen and oxygen atoms in total. The molecule has 78 valence electrons. The lowest BCUT2D eigenvalue weighted by Gasteiger charge is -2.02. The maximum absolute atomic E-state index is 4.29. The monoisotopic (exact) mass is 203 g/mol. The fraction of sp³-hybridized carbons (Fsp3) is 0.300. The van der Waals surface area contributed by atoms with Crippen molar-refractivity contribution in [3.63, 3.8) is 0 Å². The number of hydrogen-bond acceptors (Lipinski definition) is 4. The Labute approximate surface area is 88.2 Å². The van der Waals surface area contributed by atoms with Gasteiger partial charge in [-0.05, 0) is 12.1 Å². The predicted molar refractivity (Wildman–Crippen MR) is 57.4 cm³/mol. The van der Waals surface area contributed by atoms with Crippen LogP contribution in [0.25, 0.3) is 0 Å². The molecule has 5 heteroatoms. The summed E-state index contributed by atoms with van der Waals surface area (Å²) < 4.78 is 1.81. The van der Waals surface area contributed by atoms with Crippen molar-refractivity contribution in [3.8, 4) is 0 Å². The van der Waals surface area contributed by atoms with E-state index in [9.17, 15) is 0 Å². The van der Waals surface area contributed by atoms with E-state index in [1.807, 2.05) is 25.4 Å². The smallest absolute Gasteiger partial charge is 0.129 e. The SMILES string of the molecule is Cn1ccc(CCNc2ccncn2)n1. The maximum atomic E-state index is 4.29. The first-order chi connectivity index (χ1) is 7.34. The Morgan fingerprint density at radius 2 is 2.33 bits per heavy atom. The number of aryl methyl sites for hydroxylation is 1. The van der Waals surface area contributed by atoms with E-state index in [0.29, 0.717) is 0 Å². The molecule has 0 spiro atoms. The van der Waals surface area contributed by atoms with E-state index in [0.717, 1.165) is 24.5 Å². The van der Waals surface area contributed by atoms with Crippen molar-refractivity contribution in [1.29, 1.82) is 0 Å². The summed E-state index contributed by atoms with van der Waals surface area (Å²) in [5, 5.41) is 7.49. The van der Waals surface area contributed by atoms with Gasteiger partial charge in [0.2, 0.25) is 0 Å². The van der Waals surface area contributed by atoms with Gasteiger partial charge in [-0.1, -0.05) is 0 Å². The fourth-order valence-electron chi connectivity index (χ4n) is 1.31. The largest absolute Gasteiger partial charge is 0.370 e. The standard InChI is InChI=1S/C10H13N5/c1-15-7-4-9(14-15)2-6-12-10-3-5-11-8-13-10/h3-5,7-8H,2,6H2,1H3,(H,11,12,13). The van der Waals surface area contributed by atoms with Crippen molar-refractivity contribution in [2.24, 2.45) is 7.05 Å². The van der Waals surface area contributed by atoms with Crippen molar-refractivity contribution in [2.45, 2.75) is 6.42 Å². The van der Waals surface area contributed by atoms with Crippen LogP contribution in [0.15, 0.2) is 30.9 Å². The average Bonchev–Trinajstić information content (AvgIpc) is 2.66. The van der Waals surface area contributed by atoms with Gasteiger partial charge in [-0.15, -0.1) is 0 Å². The molecular weight excluding hydrogens is 190 g/mol. The second-order valence-electron chi connectivity index (χ2n) is 3.25. The first-order valence-corrected chi connectivity index (χ1v) is 4.83. The van der Waals surface area contributed by atoms with E-state index in [2.05, 4.69) is 20.4 Å². The number of nitrogens with one attached hydrogen (secondary N) is 1. The first kappa shape index (κ1) is 9.64. The predicted octanol–water partition coefficient (Wildman–Crippen LogP) is 0.865. The number of anilines is 1. The summed E-state index contributed by atoms with van der Waals surface area (Å²) in [5.41, 5.74) is 1.08. The molecule has 15 heavy (non-hydrogen) atoms. The van der Waals surface area contributed by atoms with Crippen LogP contribution in [0.4, 0.5) is 5.82 Å². The molecule has 2 aromatic rings. The Balaban J connectivity index is 1.80. The van der Waals surface area contributed by atoms with Crippen LogP contribution in [-0.4, -0.2) is 26.3 Å². The van der Waals surface area contributed by atoms with Crippen LogP contribution in [0.2, 0.25) is 0 Å². The molecule has 0 aliphatic heterocycles. The van der Waals surface area contributed by atoms with E-state index >= 15 is 0 Å². The maximum Gasteiger partial charge on any atom is 0.129 e. The molecule has 0 aromatic carbocycles. The molecule has 1 N–H and O–H groups in total. The molecule has 0 atom stereocenters. The number of aromatic nitrogens is 4. The van der Waals surface area contributed by atoms with Crippen LogP contribution in [0.1, 0.15) is 5.69 Å². The highest BCUT2D eigenvalue weighted by atomic mass is 15.2. The van der Waals surface area contributed by atoms with Crippen LogP contribution >= 0.6 is 0 Å². The third-order valence-electron chi connectivity index (χ3n) is 2.04. The minimum absolute atomic E-state index is 0.827. The van der Waals surface area contributed by atoms with Gasteiger partial charge in [0.05, 0.1) is 5.69 Å². The normalized spacial score (nSPS) is 10.2. The molecule has 0 saturated heterocycles. The van der Waals surface area contributed by atoms with Gasteiger partial charge >= 0.3 is 0 Å². The highest BCUT2D eigenvalue weighted by Crippen LogP contribution is 1.99. The quantitative estimate of drug-likeness (QED) is 0.801. The van der Waals surface area contributed by atoms with E-state index in [1.165, 1.54) is 6.33 Å². The molecule has 0 amide bonds. The summed E-state index contributed by atoms with van der Waals surface area (Å²) in [4.78, 5) is 7.92. The Morgan fingerprint density at radius 3 is 3.00 bits per heavy atom. The van der Waals surface area contributed by atoms with E-state index in [-0.39, 0.29) is 0 Å². The average molecular weight is 203 g/mol. The van der Waals surface area contributed by atoms with Crippen molar-refractivity contribution in [3.05, 3.63) is 36.5 Å². The molecular formula is C10H13N5. The van der Waals surface area contributed by atoms with Crippen LogP contribution in [0.5, 0.6) is 0 Å². The molecule has 0 aliphatic carbocycles. The van der Waals surface area contributed by atoms with Gasteiger partial charge in [0.15, 0.2) is 0 Å². The minimum Gasteiger partial charge on any atom is -0.370 e. The Kier molecular flexibility index (Phi) is 2.92. The molecule has 0 unspecified atom stereocenters. The highest BCUT2D eigenvalue weighted by Gasteiger charge is 1.96. The summed E-state index contributed by atoms with van der Waals surface area (Å²) in [6, 6.07) is 3.86. The van der Waals surface area contributed by atoms with E-state index in [4.69, 9.17) is 0 Å². The molecule has 2 rings (SSSR count). The van der Waals surface area contributed by atoms with Crippen LogP contribution in [-0.2, 0) is 13.5 Å². The molecule has 0 fully saturated rings. The lowest BCUT2D eigenvalue weighted by molar-refractivity contribution is 0.742. The van der Waals surface area contributed by atoms with Crippen LogP contribution < -0.4 is 5.32 Å². The molecule has 2 heterocycles. The summed E-state index contributed by atoms with van der Waals surface area (Å²) in [6.45, 7) is 0.827. The molecule has 0 saturated carbocycles. The van der Waals surface area contributed by atoms with Crippen LogP contribution in [0, 0.1) is 0 Å². The van der Waals surface area contributed by atoms with Crippen molar-refractivity contribution in [2.75, 3.05) is 11.9 Å². The molecule has 2 aromatic heterocycles. The van der Waals surface area contributed by atoms with Gasteiger partial charge in [0, 0.05) is 32.4 Å². The zero-order valence-corrected chi connectivity index (χ0v) is 8.59. The van der Waals surface area contributed by atoms with Gasteiger partial charge in [0.1, 0.15) is 12.1 Å². The zero-order chi connectivity index (χ0) is 10.5. The Morgan fingerprint density at radius 1 is 1.40 bits per heavy atom. The van der Waals surface area contributed by atoms with Gasteiger partial charge < -0.3 is 5.32 Å². The fourth-order valence-corrected chi connectivity index (χ4v) is 1.31. The van der Waals surface area contributed by atoms with Crippen molar-refractivity contribution >= 4 is 5.82 Å². The van der Waals surface area contributed by atoms with E-state index in [1.54, 1.807) is 10.9 Å². The summed E-state index contributed by atoms with van der Waals surface area (Å²) in [6.07, 6.45) is 6.09. The third-order valence-corrected chi connectivity index (χ3v) is 2.04. The number of rotatable bonds is 4. The second kappa shape index (κ2) is 4.54. The van der Waals surface area contributed by atoms with Gasteiger partial charge in [0.25, 0.3) is 0 Å². The number of hydrogen-bond donors (Lipinski definition) is 1. The highest BCUT2D eigenvalue weighted by molar-refractivity contribution is 5.31. The minimum atomic E-state index is 0.827. The second-order valence-corrected chi connectivity index (χ2v) is 3.25. The Hall–Kier alpha value is -1.91. The first-order valence-electron chi connectivity index (χ1n) is 4.83. The molecule has 0 radical (unpaired) electrons. The van der Waals surface area contributed by atoms with Gasteiger partial charge in [-0.3, -0.25) is 4.68 Å². The lowest BCUT2D eigenvalue weighted by Crippen LogP contribution is -2.06. The molecule has 0 aliphatic rings. The zero-order valence-electron chi connectivity index (χ0n) is 8.59. The van der Waals surface area contributed by atoms with Crippen LogP contribution in [0.3, 0.4) is 0 Å². The Bertz CT molecular complexity index is 409. The third kappa shape index (κ3) is 2.77. The topological polar surface area (TPSA) is 55.6 Å².